The zero-order valence-electron chi connectivity index (χ0n) is 20.4. The van der Waals surface area contributed by atoms with Crippen LogP contribution in [0.25, 0.3) is 5.76 Å². The highest BCUT2D eigenvalue weighted by molar-refractivity contribution is 6.46. The second-order valence-corrected chi connectivity index (χ2v) is 8.58. The minimum absolute atomic E-state index is 0.0664. The number of Topliss-reactive ketones (excluding diaryl/α,β-unsaturated/α-hetero) is 1. The molecule has 37 heavy (non-hydrogen) atoms. The van der Waals surface area contributed by atoms with Crippen LogP contribution in [-0.4, -0.2) is 46.9 Å². The molecule has 9 nitrogen and oxygen atoms in total. The average Bonchev–Trinajstić information content (AvgIpc) is 3.16. The predicted molar refractivity (Wildman–Crippen MR) is 136 cm³/mol. The Hall–Kier alpha value is -4.50. The lowest BCUT2D eigenvalue weighted by Gasteiger charge is -2.25. The second kappa shape index (κ2) is 11.0. The van der Waals surface area contributed by atoms with Crippen molar-refractivity contribution >= 4 is 23.1 Å². The van der Waals surface area contributed by atoms with Crippen molar-refractivity contribution in [1.29, 1.82) is 0 Å². The molecule has 1 atom stereocenters. The minimum Gasteiger partial charge on any atom is -0.507 e. The lowest BCUT2D eigenvalue weighted by Crippen LogP contribution is -2.32. The molecule has 3 aromatic carbocycles. The van der Waals surface area contributed by atoms with Gasteiger partial charge in [-0.25, -0.2) is 0 Å². The molecule has 0 aromatic heterocycles. The number of carbonyl (C=O) groups excluding carboxylic acids is 2. The molecule has 4 rings (SSSR count). The summed E-state index contributed by atoms with van der Waals surface area (Å²) in [6.45, 7) is 2.58. The standard InChI is InChI=1S/C28H26N2O7/c1-18-6-3-4-7-21(18)17-37-23-12-10-19(11-13-23)26(31)24-25(20-8-5-9-22(16-20)30(34)35)29(14-15-36-2)28(33)27(24)32/h3-13,16,25,31H,14-15,17H2,1-2H3. The van der Waals surface area contributed by atoms with Crippen molar-refractivity contribution in [2.24, 2.45) is 0 Å². The summed E-state index contributed by atoms with van der Waals surface area (Å²) < 4.78 is 10.9. The van der Waals surface area contributed by atoms with Gasteiger partial charge in [0.05, 0.1) is 23.1 Å². The third kappa shape index (κ3) is 5.36. The molecular weight excluding hydrogens is 476 g/mol. The Labute approximate surface area is 213 Å². The molecule has 0 bridgehead atoms. The topological polar surface area (TPSA) is 119 Å². The van der Waals surface area contributed by atoms with E-state index in [9.17, 15) is 24.8 Å². The number of nitrogens with zero attached hydrogens (tertiary/aromatic N) is 2. The number of aliphatic hydroxyl groups excluding tert-OH is 1. The summed E-state index contributed by atoms with van der Waals surface area (Å²) in [6, 6.07) is 19.1. The minimum atomic E-state index is -1.01. The second-order valence-electron chi connectivity index (χ2n) is 8.58. The van der Waals surface area contributed by atoms with Gasteiger partial charge in [0.15, 0.2) is 0 Å². The van der Waals surface area contributed by atoms with Crippen molar-refractivity contribution in [2.75, 3.05) is 20.3 Å². The number of methoxy groups -OCH3 is 1. The van der Waals surface area contributed by atoms with Gasteiger partial charge in [-0.2, -0.15) is 0 Å². The van der Waals surface area contributed by atoms with Gasteiger partial charge >= 0.3 is 0 Å². The third-order valence-corrected chi connectivity index (χ3v) is 6.26. The molecule has 9 heteroatoms. The van der Waals surface area contributed by atoms with E-state index >= 15 is 0 Å². The van der Waals surface area contributed by atoms with Gasteiger partial charge in [-0.05, 0) is 47.9 Å². The van der Waals surface area contributed by atoms with Crippen LogP contribution in [0.3, 0.4) is 0 Å². The predicted octanol–water partition coefficient (Wildman–Crippen LogP) is 4.55. The number of aryl methyl sites for hydroxylation is 1. The quantitative estimate of drug-likeness (QED) is 0.150. The van der Waals surface area contributed by atoms with Gasteiger partial charge in [0.1, 0.15) is 18.1 Å². The summed E-state index contributed by atoms with van der Waals surface area (Å²) >= 11 is 0. The fourth-order valence-electron chi connectivity index (χ4n) is 4.25. The number of likely N-dealkylation sites (tertiary alicyclic amines) is 1. The molecule has 0 aliphatic carbocycles. The van der Waals surface area contributed by atoms with Crippen LogP contribution < -0.4 is 4.74 Å². The molecule has 190 valence electrons. The van der Waals surface area contributed by atoms with Gasteiger partial charge in [0, 0.05) is 31.4 Å². The van der Waals surface area contributed by atoms with Crippen molar-refractivity contribution in [3.05, 3.63) is 111 Å². The normalized spacial score (nSPS) is 16.7. The van der Waals surface area contributed by atoms with E-state index in [0.29, 0.717) is 23.5 Å². The lowest BCUT2D eigenvalue weighted by molar-refractivity contribution is -0.384. The first-order chi connectivity index (χ1) is 17.8. The van der Waals surface area contributed by atoms with Crippen LogP contribution in [0.5, 0.6) is 5.75 Å². The Morgan fingerprint density at radius 2 is 1.78 bits per heavy atom. The number of non-ortho nitro benzene ring substituents is 1. The van der Waals surface area contributed by atoms with Gasteiger partial charge in [0.25, 0.3) is 17.4 Å². The Morgan fingerprint density at radius 3 is 2.46 bits per heavy atom. The van der Waals surface area contributed by atoms with E-state index in [1.54, 1.807) is 30.3 Å². The number of nitro benzene ring substituents is 1. The SMILES string of the molecule is COCCN1C(=O)C(=O)C(=C(O)c2ccc(OCc3ccccc3C)cc2)C1c1cccc([N+](=O)[O-])c1. The maximum absolute atomic E-state index is 13.0. The van der Waals surface area contributed by atoms with Gasteiger partial charge in [-0.1, -0.05) is 36.4 Å². The molecule has 1 aliphatic heterocycles. The van der Waals surface area contributed by atoms with Crippen LogP contribution in [0, 0.1) is 17.0 Å². The van der Waals surface area contributed by atoms with E-state index in [2.05, 4.69) is 0 Å². The molecular formula is C28H26N2O7. The fraction of sp³-hybridized carbons (Fsp3) is 0.214. The summed E-state index contributed by atoms with van der Waals surface area (Å²) in [7, 11) is 1.46. The zero-order chi connectivity index (χ0) is 26.5. The maximum Gasteiger partial charge on any atom is 0.295 e. The Balaban J connectivity index is 1.68. The number of aliphatic hydroxyl groups is 1. The molecule has 1 saturated heterocycles. The van der Waals surface area contributed by atoms with Crippen LogP contribution >= 0.6 is 0 Å². The van der Waals surface area contributed by atoms with E-state index in [1.165, 1.54) is 30.2 Å². The van der Waals surface area contributed by atoms with E-state index in [0.717, 1.165) is 11.1 Å². The van der Waals surface area contributed by atoms with Crippen LogP contribution in [0.1, 0.15) is 28.3 Å². The first kappa shape index (κ1) is 25.6. The molecule has 0 spiro atoms. The number of ether oxygens (including phenoxy) is 2. The molecule has 1 amide bonds. The van der Waals surface area contributed by atoms with Gasteiger partial charge in [-0.15, -0.1) is 0 Å². The van der Waals surface area contributed by atoms with E-state index in [-0.39, 0.29) is 30.2 Å². The Kier molecular flexibility index (Phi) is 7.64. The molecule has 1 unspecified atom stereocenters. The molecule has 3 aromatic rings. The van der Waals surface area contributed by atoms with Crippen molar-refractivity contribution in [3.8, 4) is 5.75 Å². The number of carbonyl (C=O) groups is 2. The largest absolute Gasteiger partial charge is 0.507 e. The zero-order valence-corrected chi connectivity index (χ0v) is 20.4. The molecule has 1 heterocycles. The van der Waals surface area contributed by atoms with Crippen LogP contribution in [-0.2, 0) is 20.9 Å². The summed E-state index contributed by atoms with van der Waals surface area (Å²) in [6.07, 6.45) is 0. The van der Waals surface area contributed by atoms with Crippen molar-refractivity contribution in [3.63, 3.8) is 0 Å². The van der Waals surface area contributed by atoms with Crippen molar-refractivity contribution < 1.29 is 29.1 Å². The molecule has 1 aliphatic rings. The number of nitro groups is 1. The Bertz CT molecular complexity index is 1360. The number of amides is 1. The average molecular weight is 503 g/mol. The number of ketones is 1. The van der Waals surface area contributed by atoms with Crippen LogP contribution in [0.4, 0.5) is 5.69 Å². The van der Waals surface area contributed by atoms with Crippen molar-refractivity contribution in [2.45, 2.75) is 19.6 Å². The monoisotopic (exact) mass is 502 g/mol. The van der Waals surface area contributed by atoms with E-state index in [1.807, 2.05) is 31.2 Å². The summed E-state index contributed by atoms with van der Waals surface area (Å²) in [5, 5.41) is 22.5. The lowest BCUT2D eigenvalue weighted by atomic mass is 9.95. The van der Waals surface area contributed by atoms with Gasteiger partial charge < -0.3 is 19.5 Å². The first-order valence-corrected chi connectivity index (χ1v) is 11.6. The Morgan fingerprint density at radius 1 is 1.05 bits per heavy atom. The summed E-state index contributed by atoms with van der Waals surface area (Å²) in [5.74, 6) is -1.49. The first-order valence-electron chi connectivity index (χ1n) is 11.6. The highest BCUT2D eigenvalue weighted by Crippen LogP contribution is 2.40. The third-order valence-electron chi connectivity index (χ3n) is 6.26. The smallest absolute Gasteiger partial charge is 0.295 e. The van der Waals surface area contributed by atoms with Gasteiger partial charge in [-0.3, -0.25) is 19.7 Å². The highest BCUT2D eigenvalue weighted by Gasteiger charge is 2.46. The van der Waals surface area contributed by atoms with Crippen LogP contribution in [0.15, 0.2) is 78.4 Å². The number of rotatable bonds is 9. The number of hydrogen-bond acceptors (Lipinski definition) is 7. The molecule has 0 saturated carbocycles. The molecule has 0 radical (unpaired) electrons. The fourth-order valence-corrected chi connectivity index (χ4v) is 4.25. The van der Waals surface area contributed by atoms with Gasteiger partial charge in [0.2, 0.25) is 0 Å². The summed E-state index contributed by atoms with van der Waals surface area (Å²) in [4.78, 5) is 38.0. The number of hydrogen-bond donors (Lipinski definition) is 1. The molecule has 1 fully saturated rings. The number of benzene rings is 3. The highest BCUT2D eigenvalue weighted by atomic mass is 16.6. The van der Waals surface area contributed by atoms with E-state index in [4.69, 9.17) is 9.47 Å². The van der Waals surface area contributed by atoms with Crippen molar-refractivity contribution in [1.82, 2.24) is 4.90 Å². The van der Waals surface area contributed by atoms with E-state index < -0.39 is 22.7 Å². The molecule has 1 N–H and O–H groups in total. The summed E-state index contributed by atoms with van der Waals surface area (Å²) in [5.41, 5.74) is 2.46. The maximum atomic E-state index is 13.0. The van der Waals surface area contributed by atoms with Crippen LogP contribution in [0.2, 0.25) is 0 Å².